The minimum absolute atomic E-state index is 0.301. The number of rotatable bonds is 6. The van der Waals surface area contributed by atoms with Crippen molar-refractivity contribution in [3.63, 3.8) is 0 Å². The number of carbonyl (C=O) groups is 2. The molecule has 0 aliphatic rings. The Kier molecular flexibility index (Phi) is 5.88. The molecule has 0 aliphatic carbocycles. The molecule has 0 saturated heterocycles. The number of hydrogen-bond donors (Lipinski definition) is 0. The predicted octanol–water partition coefficient (Wildman–Crippen LogP) is 2.71. The van der Waals surface area contributed by atoms with Crippen molar-refractivity contribution in [3.05, 3.63) is 24.3 Å². The minimum Gasteiger partial charge on any atom is -0.481 e. The van der Waals surface area contributed by atoms with Crippen LogP contribution < -0.4 is 0 Å². The van der Waals surface area contributed by atoms with E-state index in [1.54, 1.807) is 13.8 Å². The lowest BCUT2D eigenvalue weighted by molar-refractivity contribution is -0.137. The van der Waals surface area contributed by atoms with Gasteiger partial charge >= 0.3 is 20.5 Å². The van der Waals surface area contributed by atoms with Gasteiger partial charge in [-0.25, -0.2) is 9.59 Å². The summed E-state index contributed by atoms with van der Waals surface area (Å²) in [7, 11) is -2.82. The van der Waals surface area contributed by atoms with E-state index in [1.807, 2.05) is 13.8 Å². The fourth-order valence-corrected chi connectivity index (χ4v) is 3.21. The first-order chi connectivity index (χ1) is 7.78. The van der Waals surface area contributed by atoms with Crippen LogP contribution in [0.3, 0.4) is 0 Å². The summed E-state index contributed by atoms with van der Waals surface area (Å²) in [4.78, 5) is 23.1. The van der Waals surface area contributed by atoms with Crippen molar-refractivity contribution >= 4 is 20.5 Å². The molecular weight excluding hydrogens is 236 g/mol. The maximum absolute atomic E-state index is 11.5. The largest absolute Gasteiger partial charge is 0.481 e. The van der Waals surface area contributed by atoms with Gasteiger partial charge in [-0.15, -0.1) is 0 Å². The Bertz CT molecular complexity index is 312. The van der Waals surface area contributed by atoms with Crippen molar-refractivity contribution < 1.29 is 18.4 Å². The van der Waals surface area contributed by atoms with E-state index in [0.29, 0.717) is 23.2 Å². The lowest BCUT2D eigenvalue weighted by atomic mass is 10.4. The molecule has 0 aromatic heterocycles. The van der Waals surface area contributed by atoms with E-state index in [1.165, 1.54) is 0 Å². The van der Waals surface area contributed by atoms with Gasteiger partial charge in [0.1, 0.15) is 0 Å². The van der Waals surface area contributed by atoms with Gasteiger partial charge in [-0.05, 0) is 13.8 Å². The molecule has 0 amide bonds. The first kappa shape index (κ1) is 15.6. The van der Waals surface area contributed by atoms with Crippen molar-refractivity contribution in [2.75, 3.05) is 0 Å². The average Bonchev–Trinajstić information content (AvgIpc) is 2.27. The van der Waals surface area contributed by atoms with Gasteiger partial charge in [-0.1, -0.05) is 27.0 Å². The van der Waals surface area contributed by atoms with Gasteiger partial charge in [0.25, 0.3) is 0 Å². The summed E-state index contributed by atoms with van der Waals surface area (Å²) in [6.45, 7) is 13.8. The highest BCUT2D eigenvalue weighted by Gasteiger charge is 2.41. The van der Waals surface area contributed by atoms with Crippen LogP contribution in [0.1, 0.15) is 27.7 Å². The van der Waals surface area contributed by atoms with Gasteiger partial charge in [-0.3, -0.25) is 0 Å². The molecule has 0 atom stereocenters. The van der Waals surface area contributed by atoms with Crippen LogP contribution >= 0.6 is 0 Å². The van der Waals surface area contributed by atoms with Crippen LogP contribution in [0.5, 0.6) is 0 Å². The molecule has 0 radical (unpaired) electrons. The second-order valence-corrected chi connectivity index (χ2v) is 7.60. The number of carbonyl (C=O) groups excluding carboxylic acids is 2. The van der Waals surface area contributed by atoms with Crippen LogP contribution in [0.4, 0.5) is 0 Å². The molecule has 0 unspecified atom stereocenters. The van der Waals surface area contributed by atoms with E-state index < -0.39 is 20.5 Å². The molecule has 0 aromatic carbocycles. The molecule has 0 aromatic rings. The Labute approximate surface area is 104 Å². The van der Waals surface area contributed by atoms with Gasteiger partial charge in [0.05, 0.1) is 0 Å². The molecule has 5 heteroatoms. The van der Waals surface area contributed by atoms with Crippen molar-refractivity contribution in [1.82, 2.24) is 0 Å². The molecule has 96 valence electrons. The van der Waals surface area contributed by atoms with Gasteiger partial charge in [0.2, 0.25) is 0 Å². The monoisotopic (exact) mass is 256 g/mol. The summed E-state index contributed by atoms with van der Waals surface area (Å²) >= 11 is 0. The molecule has 4 nitrogen and oxygen atoms in total. The van der Waals surface area contributed by atoms with E-state index in [-0.39, 0.29) is 0 Å². The van der Waals surface area contributed by atoms with Crippen molar-refractivity contribution in [3.8, 4) is 0 Å². The van der Waals surface area contributed by atoms with Gasteiger partial charge in [-0.2, -0.15) is 0 Å². The molecule has 0 bridgehead atoms. The lowest BCUT2D eigenvalue weighted by Gasteiger charge is -2.27. The molecule has 17 heavy (non-hydrogen) atoms. The van der Waals surface area contributed by atoms with Crippen LogP contribution in [-0.2, 0) is 18.4 Å². The van der Waals surface area contributed by atoms with E-state index in [9.17, 15) is 9.59 Å². The summed E-state index contributed by atoms with van der Waals surface area (Å²) in [5, 5.41) is 0. The predicted molar refractivity (Wildman–Crippen MR) is 68.5 cm³/mol. The van der Waals surface area contributed by atoms with E-state index in [4.69, 9.17) is 8.85 Å². The highest BCUT2D eigenvalue weighted by atomic mass is 28.4. The fraction of sp³-hybridized carbons (Fsp3) is 0.500. The van der Waals surface area contributed by atoms with E-state index in [0.717, 1.165) is 0 Å². The standard InChI is InChI=1S/C12H20O4Si/c1-7-17(8-2,15-11(13)9(3)4)16-12(14)10(5)6/h3,5,7-8H2,1-2,4,6H3. The normalized spacial score (nSPS) is 10.6. The van der Waals surface area contributed by atoms with Gasteiger partial charge < -0.3 is 8.85 Å². The Morgan fingerprint density at radius 1 is 0.941 bits per heavy atom. The van der Waals surface area contributed by atoms with Crippen LogP contribution in [0.25, 0.3) is 0 Å². The Hall–Kier alpha value is -1.36. The highest BCUT2D eigenvalue weighted by Crippen LogP contribution is 2.21. The second kappa shape index (κ2) is 6.39. The van der Waals surface area contributed by atoms with Crippen LogP contribution in [0, 0.1) is 0 Å². The molecule has 0 aliphatic heterocycles. The first-order valence-corrected chi connectivity index (χ1v) is 7.78. The van der Waals surface area contributed by atoms with Gasteiger partial charge in [0, 0.05) is 23.2 Å². The maximum atomic E-state index is 11.5. The molecule has 0 rings (SSSR count). The number of hydrogen-bond acceptors (Lipinski definition) is 4. The summed E-state index contributed by atoms with van der Waals surface area (Å²) < 4.78 is 10.7. The van der Waals surface area contributed by atoms with Crippen LogP contribution in [-0.4, -0.2) is 20.5 Å². The third-order valence-electron chi connectivity index (χ3n) is 2.33. The molecular formula is C12H20O4Si. The Morgan fingerprint density at radius 3 is 1.41 bits per heavy atom. The molecule has 0 N–H and O–H groups in total. The van der Waals surface area contributed by atoms with E-state index in [2.05, 4.69) is 13.2 Å². The van der Waals surface area contributed by atoms with Crippen LogP contribution in [0.2, 0.25) is 12.1 Å². The fourth-order valence-electron chi connectivity index (χ4n) is 1.07. The maximum Gasteiger partial charge on any atom is 0.464 e. The molecule has 0 fully saturated rings. The van der Waals surface area contributed by atoms with Crippen molar-refractivity contribution in [2.45, 2.75) is 39.8 Å². The van der Waals surface area contributed by atoms with E-state index >= 15 is 0 Å². The van der Waals surface area contributed by atoms with Crippen LogP contribution in [0.15, 0.2) is 24.3 Å². The van der Waals surface area contributed by atoms with Crippen molar-refractivity contribution in [2.24, 2.45) is 0 Å². The Balaban J connectivity index is 4.90. The topological polar surface area (TPSA) is 52.6 Å². The quantitative estimate of drug-likeness (QED) is 0.541. The highest BCUT2D eigenvalue weighted by molar-refractivity contribution is 6.70. The smallest absolute Gasteiger partial charge is 0.464 e. The molecule has 0 saturated carbocycles. The lowest BCUT2D eigenvalue weighted by Crippen LogP contribution is -2.44. The third-order valence-corrected chi connectivity index (χ3v) is 5.60. The summed E-state index contributed by atoms with van der Waals surface area (Å²) in [5.41, 5.74) is 0.602. The minimum atomic E-state index is -2.82. The third kappa shape index (κ3) is 4.56. The molecule has 0 heterocycles. The zero-order valence-corrected chi connectivity index (χ0v) is 12.0. The summed E-state index contributed by atoms with van der Waals surface area (Å²) in [6, 6.07) is 1.03. The van der Waals surface area contributed by atoms with Crippen molar-refractivity contribution in [1.29, 1.82) is 0 Å². The first-order valence-electron chi connectivity index (χ1n) is 5.55. The Morgan fingerprint density at radius 2 is 1.24 bits per heavy atom. The summed E-state index contributed by atoms with van der Waals surface area (Å²) in [6.07, 6.45) is 0. The summed E-state index contributed by atoms with van der Waals surface area (Å²) in [5.74, 6) is -1.01. The zero-order chi connectivity index (χ0) is 13.6. The average molecular weight is 256 g/mol. The van der Waals surface area contributed by atoms with Gasteiger partial charge in [0.15, 0.2) is 0 Å². The zero-order valence-electron chi connectivity index (χ0n) is 11.0. The second-order valence-electron chi connectivity index (χ2n) is 3.96. The molecule has 0 spiro atoms. The SMILES string of the molecule is C=C(C)C(=O)O[Si](CC)(CC)OC(=O)C(=C)C.